The summed E-state index contributed by atoms with van der Waals surface area (Å²) < 4.78 is 12.6. The molecule has 2 heterocycles. The number of ether oxygens (including phenoxy) is 2. The number of carbonyl (C=O) groups excluding carboxylic acids is 2. The monoisotopic (exact) mass is 615 g/mol. The van der Waals surface area contributed by atoms with E-state index in [0.29, 0.717) is 43.1 Å². The average Bonchev–Trinajstić information content (AvgIpc) is 3.37. The highest BCUT2D eigenvalue weighted by Crippen LogP contribution is 2.35. The molecule has 5 unspecified atom stereocenters. The van der Waals surface area contributed by atoms with E-state index in [2.05, 4.69) is 34.7 Å². The summed E-state index contributed by atoms with van der Waals surface area (Å²) in [5.41, 5.74) is 5.21. The van der Waals surface area contributed by atoms with Gasteiger partial charge < -0.3 is 24.8 Å². The van der Waals surface area contributed by atoms with Crippen molar-refractivity contribution in [1.82, 2.24) is 20.2 Å². The third-order valence-corrected chi connectivity index (χ3v) is 8.57. The maximum Gasteiger partial charge on any atom is 0.258 e. The van der Waals surface area contributed by atoms with Gasteiger partial charge in [-0.1, -0.05) is 43.3 Å². The standard InChI is InChI=1S/C35H45N5O5/c1-23-19-40(25(3)22-41)35(43)29-12-9-13-30(36-34(42)31-18-24(2)37-39(31)5)33(29)45-32(23)21-38(4)20-26-14-16-28(17-15-26)44-27-10-7-6-8-11-27/h6-17,23-25,31-32,37,41H,18-22H2,1-5H3,(H,36,42). The molecule has 2 aliphatic rings. The number of nitrogens with zero attached hydrogens (tertiary/aromatic N) is 3. The Bertz CT molecular complexity index is 1450. The molecule has 0 bridgehead atoms. The number of para-hydroxylation sites is 2. The number of aliphatic hydroxyl groups is 1. The van der Waals surface area contributed by atoms with E-state index in [1.54, 1.807) is 23.1 Å². The van der Waals surface area contributed by atoms with Crippen molar-refractivity contribution >= 4 is 17.5 Å². The van der Waals surface area contributed by atoms with E-state index in [9.17, 15) is 14.7 Å². The molecule has 45 heavy (non-hydrogen) atoms. The molecular formula is C35H45N5O5. The highest BCUT2D eigenvalue weighted by Gasteiger charge is 2.36. The van der Waals surface area contributed by atoms with E-state index in [0.717, 1.165) is 17.1 Å². The number of hydrogen-bond donors (Lipinski definition) is 3. The van der Waals surface area contributed by atoms with E-state index in [4.69, 9.17) is 9.47 Å². The van der Waals surface area contributed by atoms with E-state index < -0.39 is 0 Å². The number of rotatable bonds is 10. The molecule has 0 spiro atoms. The maximum absolute atomic E-state index is 13.8. The van der Waals surface area contributed by atoms with Crippen LogP contribution in [0.15, 0.2) is 72.8 Å². The first-order chi connectivity index (χ1) is 21.6. The molecule has 2 amide bonds. The van der Waals surface area contributed by atoms with Gasteiger partial charge in [-0.05, 0) is 69.3 Å². The van der Waals surface area contributed by atoms with Crippen LogP contribution >= 0.6 is 0 Å². The first-order valence-corrected chi connectivity index (χ1v) is 15.6. The van der Waals surface area contributed by atoms with Gasteiger partial charge in [0, 0.05) is 38.6 Å². The number of hydrogen-bond acceptors (Lipinski definition) is 8. The Balaban J connectivity index is 1.35. The molecule has 3 N–H and O–H groups in total. The van der Waals surface area contributed by atoms with Gasteiger partial charge in [0.1, 0.15) is 23.6 Å². The van der Waals surface area contributed by atoms with Crippen LogP contribution in [0.1, 0.15) is 43.1 Å². The lowest BCUT2D eigenvalue weighted by Gasteiger charge is -2.38. The SMILES string of the molecule is CC1CC(C(=O)Nc2cccc3c2OC(CN(C)Cc2ccc(Oc4ccccc4)cc2)C(C)CN(C(C)CO)C3=O)N(C)N1. The molecule has 3 aromatic rings. The van der Waals surface area contributed by atoms with E-state index >= 15 is 0 Å². The van der Waals surface area contributed by atoms with Crippen LogP contribution in [0.5, 0.6) is 17.2 Å². The second kappa shape index (κ2) is 14.4. The molecule has 3 aromatic carbocycles. The van der Waals surface area contributed by atoms with Crippen molar-refractivity contribution in [2.75, 3.05) is 39.1 Å². The number of benzene rings is 3. The molecule has 0 radical (unpaired) electrons. The van der Waals surface area contributed by atoms with Gasteiger partial charge in [0.15, 0.2) is 5.75 Å². The van der Waals surface area contributed by atoms with Crippen molar-refractivity contribution in [2.24, 2.45) is 5.92 Å². The summed E-state index contributed by atoms with van der Waals surface area (Å²) in [6.07, 6.45) is 0.368. The predicted octanol–water partition coefficient (Wildman–Crippen LogP) is 4.37. The molecule has 240 valence electrons. The summed E-state index contributed by atoms with van der Waals surface area (Å²) in [4.78, 5) is 31.1. The minimum absolute atomic E-state index is 0.0602. The van der Waals surface area contributed by atoms with Crippen molar-refractivity contribution < 1.29 is 24.2 Å². The fourth-order valence-electron chi connectivity index (χ4n) is 6.01. The normalized spacial score (nSPS) is 22.7. The molecule has 1 fully saturated rings. The number of aliphatic hydroxyl groups excluding tert-OH is 1. The topological polar surface area (TPSA) is 107 Å². The molecule has 10 nitrogen and oxygen atoms in total. The third kappa shape index (κ3) is 7.83. The largest absolute Gasteiger partial charge is 0.486 e. The Morgan fingerprint density at radius 2 is 1.80 bits per heavy atom. The van der Waals surface area contributed by atoms with Crippen LogP contribution in [-0.2, 0) is 11.3 Å². The van der Waals surface area contributed by atoms with Crippen LogP contribution < -0.4 is 20.2 Å². The number of carbonyl (C=O) groups is 2. The fourth-order valence-corrected chi connectivity index (χ4v) is 6.01. The molecular weight excluding hydrogens is 570 g/mol. The van der Waals surface area contributed by atoms with Crippen molar-refractivity contribution in [3.05, 3.63) is 83.9 Å². The van der Waals surface area contributed by atoms with Crippen LogP contribution in [0.2, 0.25) is 0 Å². The molecule has 2 aliphatic heterocycles. The second-order valence-electron chi connectivity index (χ2n) is 12.4. The Labute approximate surface area is 265 Å². The van der Waals surface area contributed by atoms with Crippen molar-refractivity contribution in [2.45, 2.75) is 58.0 Å². The number of fused-ring (bicyclic) bond motifs is 1. The molecule has 10 heteroatoms. The highest BCUT2D eigenvalue weighted by molar-refractivity contribution is 6.02. The van der Waals surface area contributed by atoms with Crippen molar-refractivity contribution in [3.63, 3.8) is 0 Å². The fraction of sp³-hybridized carbons (Fsp3) is 0.429. The van der Waals surface area contributed by atoms with Gasteiger partial charge in [0.05, 0.1) is 23.9 Å². The van der Waals surface area contributed by atoms with Gasteiger partial charge >= 0.3 is 0 Å². The number of nitrogens with one attached hydrogen (secondary N) is 2. The summed E-state index contributed by atoms with van der Waals surface area (Å²) in [5, 5.41) is 14.9. The molecule has 5 atom stereocenters. The van der Waals surface area contributed by atoms with Gasteiger partial charge in [-0.2, -0.15) is 0 Å². The third-order valence-electron chi connectivity index (χ3n) is 8.57. The van der Waals surface area contributed by atoms with Crippen LogP contribution in [-0.4, -0.2) is 89.8 Å². The number of anilines is 1. The summed E-state index contributed by atoms with van der Waals surface area (Å²) in [6.45, 7) is 7.47. The van der Waals surface area contributed by atoms with Gasteiger partial charge in [-0.3, -0.25) is 19.9 Å². The zero-order valence-corrected chi connectivity index (χ0v) is 26.8. The van der Waals surface area contributed by atoms with Crippen LogP contribution in [0, 0.1) is 5.92 Å². The number of likely N-dealkylation sites (N-methyl/N-ethyl adjacent to an activating group) is 2. The summed E-state index contributed by atoms with van der Waals surface area (Å²) in [6, 6.07) is 22.5. The Hall–Kier alpha value is -3.96. The minimum Gasteiger partial charge on any atom is -0.486 e. The smallest absolute Gasteiger partial charge is 0.258 e. The summed E-state index contributed by atoms with van der Waals surface area (Å²) >= 11 is 0. The Morgan fingerprint density at radius 3 is 2.47 bits per heavy atom. The predicted molar refractivity (Wildman–Crippen MR) is 174 cm³/mol. The molecule has 0 aliphatic carbocycles. The lowest BCUT2D eigenvalue weighted by molar-refractivity contribution is -0.120. The second-order valence-corrected chi connectivity index (χ2v) is 12.4. The molecule has 1 saturated heterocycles. The minimum atomic E-state index is -0.376. The lowest BCUT2D eigenvalue weighted by atomic mass is 9.98. The molecule has 0 saturated carbocycles. The lowest BCUT2D eigenvalue weighted by Crippen LogP contribution is -2.50. The zero-order valence-electron chi connectivity index (χ0n) is 26.8. The zero-order chi connectivity index (χ0) is 32.1. The van der Waals surface area contributed by atoms with Gasteiger partial charge in [0.2, 0.25) is 5.91 Å². The van der Waals surface area contributed by atoms with Crippen LogP contribution in [0.25, 0.3) is 0 Å². The van der Waals surface area contributed by atoms with E-state index in [1.165, 1.54) is 0 Å². The molecule has 0 aromatic heterocycles. The highest BCUT2D eigenvalue weighted by atomic mass is 16.5. The van der Waals surface area contributed by atoms with Gasteiger partial charge in [0.25, 0.3) is 5.91 Å². The number of amides is 2. The first kappa shape index (κ1) is 32.4. The maximum atomic E-state index is 13.8. The van der Waals surface area contributed by atoms with Crippen molar-refractivity contribution in [1.29, 1.82) is 0 Å². The van der Waals surface area contributed by atoms with Crippen LogP contribution in [0.3, 0.4) is 0 Å². The molecule has 5 rings (SSSR count). The Kier molecular flexibility index (Phi) is 10.4. The summed E-state index contributed by atoms with van der Waals surface area (Å²) in [7, 11) is 3.90. The number of hydrazine groups is 1. The van der Waals surface area contributed by atoms with Crippen molar-refractivity contribution in [3.8, 4) is 17.2 Å². The quantitative estimate of drug-likeness (QED) is 0.309. The first-order valence-electron chi connectivity index (χ1n) is 15.6. The van der Waals surface area contributed by atoms with Gasteiger partial charge in [-0.15, -0.1) is 0 Å². The van der Waals surface area contributed by atoms with E-state index in [-0.39, 0.29) is 48.6 Å². The van der Waals surface area contributed by atoms with Gasteiger partial charge in [-0.25, -0.2) is 5.01 Å². The summed E-state index contributed by atoms with van der Waals surface area (Å²) in [5.74, 6) is 1.47. The van der Waals surface area contributed by atoms with E-state index in [1.807, 2.05) is 75.4 Å². The van der Waals surface area contributed by atoms with Crippen LogP contribution in [0.4, 0.5) is 5.69 Å². The average molecular weight is 616 g/mol. The Morgan fingerprint density at radius 1 is 1.09 bits per heavy atom.